The number of amides is 1. The molecule has 0 saturated heterocycles. The molecule has 0 aromatic heterocycles. The first-order valence-corrected chi connectivity index (χ1v) is 24.8. The smallest absolute Gasteiger partial charge is 0.254 e. The van der Waals surface area contributed by atoms with Gasteiger partial charge in [0, 0.05) is 44.8 Å². The summed E-state index contributed by atoms with van der Waals surface area (Å²) in [7, 11) is 0. The first-order chi connectivity index (χ1) is 31.0. The third-order valence-electron chi connectivity index (χ3n) is 12.0. The maximum atomic E-state index is 13.8. The van der Waals surface area contributed by atoms with Crippen molar-refractivity contribution in [2.24, 2.45) is 0 Å². The van der Waals surface area contributed by atoms with Gasteiger partial charge >= 0.3 is 0 Å². The topological polar surface area (TPSA) is 38.8 Å². The molecule has 0 radical (unpaired) electrons. The van der Waals surface area contributed by atoms with Gasteiger partial charge in [0.2, 0.25) is 0 Å². The van der Waals surface area contributed by atoms with E-state index in [-0.39, 0.29) is 5.91 Å². The zero-order chi connectivity index (χ0) is 44.7. The minimum Gasteiger partial charge on any atom is -0.333 e. The molecule has 1 amide bonds. The normalized spacial score (nSPS) is 11.2. The molecule has 0 aliphatic heterocycles. The Kier molecular flexibility index (Phi) is 25.4. The van der Waals surface area contributed by atoms with Crippen molar-refractivity contribution in [3.05, 3.63) is 156 Å². The highest BCUT2D eigenvalue weighted by Crippen LogP contribution is 2.22. The van der Waals surface area contributed by atoms with Gasteiger partial charge in [0.05, 0.1) is 0 Å². The van der Waals surface area contributed by atoms with Gasteiger partial charge in [0.25, 0.3) is 5.91 Å². The van der Waals surface area contributed by atoms with E-state index >= 15 is 0 Å². The molecule has 5 heteroatoms. The fraction of sp³-hybridized carbons (Fsp3) is 0.466. The number of carbonyl (C=O) groups is 1. The average molecular weight is 851 g/mol. The summed E-state index contributed by atoms with van der Waals surface area (Å²) in [5.74, 6) is 0.128. The summed E-state index contributed by atoms with van der Waals surface area (Å²) in [6, 6.07) is 47.0. The molecule has 0 saturated carbocycles. The Labute approximate surface area is 384 Å². The van der Waals surface area contributed by atoms with Crippen molar-refractivity contribution in [3.8, 4) is 22.3 Å². The summed E-state index contributed by atoms with van der Waals surface area (Å²) in [5, 5.41) is 3.60. The molecule has 0 atom stereocenters. The minimum atomic E-state index is 0.128. The SMILES string of the molecule is CCCCCc1ccc(C(=O)N(CCN(CCCC)CCCC)Cc2ccc(-c3ccccc3)cc2)cc1.CCCCN(CCCC)CCNCc1ccc(-c2ccccc2)cc1. The molecule has 0 aliphatic rings. The number of hydrogen-bond donors (Lipinski definition) is 1. The highest BCUT2D eigenvalue weighted by atomic mass is 16.2. The average Bonchev–Trinajstić information content (AvgIpc) is 3.34. The number of benzene rings is 5. The van der Waals surface area contributed by atoms with Crippen molar-refractivity contribution in [2.45, 2.75) is 125 Å². The predicted molar refractivity (Wildman–Crippen MR) is 272 cm³/mol. The van der Waals surface area contributed by atoms with Crippen LogP contribution in [0, 0.1) is 0 Å². The second-order valence-corrected chi connectivity index (χ2v) is 17.3. The summed E-state index contributed by atoms with van der Waals surface area (Å²) in [6.07, 6.45) is 14.8. The van der Waals surface area contributed by atoms with Gasteiger partial charge in [-0.3, -0.25) is 4.79 Å². The molecular weight excluding hydrogens is 769 g/mol. The van der Waals surface area contributed by atoms with Gasteiger partial charge in [-0.2, -0.15) is 0 Å². The summed E-state index contributed by atoms with van der Waals surface area (Å²) in [5.41, 5.74) is 9.63. The molecule has 1 N–H and O–H groups in total. The Morgan fingerprint density at radius 2 is 0.841 bits per heavy atom. The van der Waals surface area contributed by atoms with Crippen LogP contribution in [0.5, 0.6) is 0 Å². The first kappa shape index (κ1) is 51.1. The van der Waals surface area contributed by atoms with E-state index in [9.17, 15) is 4.79 Å². The lowest BCUT2D eigenvalue weighted by Gasteiger charge is -2.28. The van der Waals surface area contributed by atoms with Crippen LogP contribution < -0.4 is 5.32 Å². The Morgan fingerprint density at radius 3 is 1.32 bits per heavy atom. The van der Waals surface area contributed by atoms with Crippen LogP contribution in [-0.4, -0.2) is 73.0 Å². The maximum absolute atomic E-state index is 13.8. The molecule has 63 heavy (non-hydrogen) atoms. The highest BCUT2D eigenvalue weighted by Gasteiger charge is 2.18. The molecule has 5 aromatic rings. The lowest BCUT2D eigenvalue weighted by molar-refractivity contribution is 0.0720. The van der Waals surface area contributed by atoms with Crippen LogP contribution in [0.25, 0.3) is 22.3 Å². The number of aryl methyl sites for hydroxylation is 1. The number of carbonyl (C=O) groups excluding carboxylic acids is 1. The van der Waals surface area contributed by atoms with E-state index in [1.54, 1.807) is 0 Å². The van der Waals surface area contributed by atoms with Gasteiger partial charge in [-0.25, -0.2) is 0 Å². The number of rotatable bonds is 29. The van der Waals surface area contributed by atoms with E-state index in [0.29, 0.717) is 6.54 Å². The molecular formula is C58H82N4O. The molecule has 0 bridgehead atoms. The second kappa shape index (κ2) is 31.3. The zero-order valence-electron chi connectivity index (χ0n) is 40.0. The van der Waals surface area contributed by atoms with Crippen molar-refractivity contribution in [2.75, 3.05) is 52.4 Å². The van der Waals surface area contributed by atoms with Gasteiger partial charge in [-0.1, -0.05) is 194 Å². The second-order valence-electron chi connectivity index (χ2n) is 17.3. The summed E-state index contributed by atoms with van der Waals surface area (Å²) in [6.45, 7) is 21.4. The van der Waals surface area contributed by atoms with Gasteiger partial charge in [-0.15, -0.1) is 0 Å². The number of nitrogens with zero attached hydrogens (tertiary/aromatic N) is 3. The van der Waals surface area contributed by atoms with Crippen molar-refractivity contribution >= 4 is 5.91 Å². The van der Waals surface area contributed by atoms with Crippen LogP contribution in [0.4, 0.5) is 0 Å². The van der Waals surface area contributed by atoms with Gasteiger partial charge in [-0.05, 0) is 116 Å². The van der Waals surface area contributed by atoms with E-state index in [2.05, 4.69) is 170 Å². The third kappa shape index (κ3) is 19.8. The van der Waals surface area contributed by atoms with Gasteiger partial charge in [0.15, 0.2) is 0 Å². The maximum Gasteiger partial charge on any atom is 0.254 e. The first-order valence-electron chi connectivity index (χ1n) is 24.8. The Hall–Kier alpha value is -4.55. The molecule has 0 heterocycles. The molecule has 5 rings (SSSR count). The predicted octanol–water partition coefficient (Wildman–Crippen LogP) is 14.0. The van der Waals surface area contributed by atoms with E-state index in [1.165, 1.54) is 123 Å². The van der Waals surface area contributed by atoms with Crippen LogP contribution in [0.3, 0.4) is 0 Å². The fourth-order valence-electron chi connectivity index (χ4n) is 7.86. The lowest BCUT2D eigenvalue weighted by Crippen LogP contribution is -2.39. The number of nitrogens with one attached hydrogen (secondary N) is 1. The molecule has 0 aliphatic carbocycles. The van der Waals surface area contributed by atoms with Crippen molar-refractivity contribution in [1.29, 1.82) is 0 Å². The van der Waals surface area contributed by atoms with Crippen LogP contribution in [0.1, 0.15) is 132 Å². The van der Waals surface area contributed by atoms with Crippen LogP contribution in [0.2, 0.25) is 0 Å². The van der Waals surface area contributed by atoms with Crippen molar-refractivity contribution < 1.29 is 4.79 Å². The highest BCUT2D eigenvalue weighted by molar-refractivity contribution is 5.94. The monoisotopic (exact) mass is 851 g/mol. The summed E-state index contributed by atoms with van der Waals surface area (Å²) >= 11 is 0. The van der Waals surface area contributed by atoms with E-state index in [4.69, 9.17) is 0 Å². The fourth-order valence-corrected chi connectivity index (χ4v) is 7.86. The molecule has 340 valence electrons. The van der Waals surface area contributed by atoms with E-state index < -0.39 is 0 Å². The van der Waals surface area contributed by atoms with Crippen LogP contribution >= 0.6 is 0 Å². The van der Waals surface area contributed by atoms with Gasteiger partial charge < -0.3 is 20.0 Å². The standard InChI is InChI=1S/C35H48N2O.C23H34N2/c1-4-7-11-14-30-17-23-34(24-18-30)35(38)37(28-27-36(25-8-5-2)26-9-6-3)29-31-19-21-33(22-20-31)32-15-12-10-13-16-32;1-3-5-17-25(18-6-4-2)19-16-24-20-21-12-14-23(15-13-21)22-10-8-7-9-11-22/h10,12-13,15-24H,4-9,11,14,25-29H2,1-3H3;7-15,24H,3-6,16-20H2,1-2H3. The third-order valence-corrected chi connectivity index (χ3v) is 12.0. The molecule has 5 aromatic carbocycles. The Bertz CT molecular complexity index is 1860. The zero-order valence-corrected chi connectivity index (χ0v) is 40.0. The van der Waals surface area contributed by atoms with Crippen LogP contribution in [-0.2, 0) is 19.5 Å². The summed E-state index contributed by atoms with van der Waals surface area (Å²) < 4.78 is 0. The molecule has 5 nitrogen and oxygen atoms in total. The molecule has 0 unspecified atom stereocenters. The van der Waals surface area contributed by atoms with Crippen molar-refractivity contribution in [3.63, 3.8) is 0 Å². The lowest BCUT2D eigenvalue weighted by atomic mass is 10.0. The Morgan fingerprint density at radius 1 is 0.413 bits per heavy atom. The number of hydrogen-bond acceptors (Lipinski definition) is 4. The molecule has 0 fully saturated rings. The quantitative estimate of drug-likeness (QED) is 0.0487. The van der Waals surface area contributed by atoms with Gasteiger partial charge in [0.1, 0.15) is 0 Å². The minimum absolute atomic E-state index is 0.128. The Balaban J connectivity index is 0.000000302. The van der Waals surface area contributed by atoms with Crippen LogP contribution in [0.15, 0.2) is 133 Å². The van der Waals surface area contributed by atoms with E-state index in [1.807, 2.05) is 18.2 Å². The van der Waals surface area contributed by atoms with Crippen molar-refractivity contribution in [1.82, 2.24) is 20.0 Å². The van der Waals surface area contributed by atoms with E-state index in [0.717, 1.165) is 57.8 Å². The number of unbranched alkanes of at least 4 members (excludes halogenated alkanes) is 6. The molecule has 0 spiro atoms. The largest absolute Gasteiger partial charge is 0.333 e. The summed E-state index contributed by atoms with van der Waals surface area (Å²) in [4.78, 5) is 21.0.